The van der Waals surface area contributed by atoms with E-state index in [9.17, 15) is 18.0 Å². The van der Waals surface area contributed by atoms with Gasteiger partial charge in [-0.3, -0.25) is 9.69 Å². The predicted molar refractivity (Wildman–Crippen MR) is 137 cm³/mol. The van der Waals surface area contributed by atoms with Crippen LogP contribution in [0.15, 0.2) is 83.1 Å². The summed E-state index contributed by atoms with van der Waals surface area (Å²) in [6, 6.07) is 14.7. The molecule has 0 atom stereocenters. The van der Waals surface area contributed by atoms with Crippen LogP contribution >= 0.6 is 0 Å². The maximum Gasteiger partial charge on any atom is 0.416 e. The number of benzene rings is 2. The van der Waals surface area contributed by atoms with Crippen LogP contribution in [0.3, 0.4) is 0 Å². The van der Waals surface area contributed by atoms with Crippen molar-refractivity contribution >= 4 is 11.9 Å². The van der Waals surface area contributed by atoms with E-state index in [0.717, 1.165) is 17.7 Å². The predicted octanol–water partition coefficient (Wildman–Crippen LogP) is 5.75. The standard InChI is InChI=1S/C26H27F3N4O.C2H6/c1-17-22(23(34)32(4)24-31-25(2,3)16-33(17)24)21(14-18-8-6-5-7-9-18)30-15-19-10-12-20(13-11-19)26(27,28)29;1-2/h5-13,30H,1,14-16H2,2-4H3;1-2H3/b22-21+;. The van der Waals surface area contributed by atoms with E-state index in [0.29, 0.717) is 41.5 Å². The highest BCUT2D eigenvalue weighted by Crippen LogP contribution is 2.34. The van der Waals surface area contributed by atoms with Crippen LogP contribution in [-0.2, 0) is 23.9 Å². The molecule has 2 aliphatic rings. The number of aliphatic imine (C=N–C) groups is 1. The largest absolute Gasteiger partial charge is 0.416 e. The number of carbonyl (C=O) groups is 1. The molecule has 2 aromatic carbocycles. The number of fused-ring (bicyclic) bond motifs is 1. The van der Waals surface area contributed by atoms with Gasteiger partial charge in [-0.25, -0.2) is 4.99 Å². The third-order valence-electron chi connectivity index (χ3n) is 5.93. The number of hydrogen-bond donors (Lipinski definition) is 1. The highest BCUT2D eigenvalue weighted by molar-refractivity contribution is 6.12. The zero-order chi connectivity index (χ0) is 26.7. The molecule has 4 rings (SSSR count). The molecule has 0 bridgehead atoms. The molecular weight excluding hydrogens is 465 g/mol. The van der Waals surface area contributed by atoms with Crippen LogP contribution in [0.4, 0.5) is 13.2 Å². The minimum atomic E-state index is -4.38. The first kappa shape index (κ1) is 27.0. The summed E-state index contributed by atoms with van der Waals surface area (Å²) in [5.74, 6) is 0.356. The van der Waals surface area contributed by atoms with E-state index in [4.69, 9.17) is 0 Å². The Kier molecular flexibility index (Phi) is 7.96. The van der Waals surface area contributed by atoms with E-state index >= 15 is 0 Å². The number of alkyl halides is 3. The van der Waals surface area contributed by atoms with Crippen molar-refractivity contribution in [1.82, 2.24) is 15.1 Å². The van der Waals surface area contributed by atoms with Gasteiger partial charge in [0.2, 0.25) is 5.96 Å². The molecule has 5 nitrogen and oxygen atoms in total. The normalized spacial score (nSPS) is 18.3. The molecule has 0 aliphatic carbocycles. The summed E-state index contributed by atoms with van der Waals surface area (Å²) in [5.41, 5.74) is 2.31. The van der Waals surface area contributed by atoms with Crippen molar-refractivity contribution < 1.29 is 18.0 Å². The van der Waals surface area contributed by atoms with Crippen molar-refractivity contribution in [2.75, 3.05) is 13.6 Å². The fourth-order valence-corrected chi connectivity index (χ4v) is 4.18. The molecule has 0 spiro atoms. The van der Waals surface area contributed by atoms with E-state index < -0.39 is 11.7 Å². The van der Waals surface area contributed by atoms with E-state index in [-0.39, 0.29) is 18.0 Å². The van der Waals surface area contributed by atoms with Crippen molar-refractivity contribution in [2.45, 2.75) is 52.4 Å². The number of guanidine groups is 1. The fourth-order valence-electron chi connectivity index (χ4n) is 4.18. The molecule has 1 amide bonds. The van der Waals surface area contributed by atoms with Gasteiger partial charge in [-0.2, -0.15) is 13.2 Å². The molecule has 36 heavy (non-hydrogen) atoms. The number of nitrogens with zero attached hydrogens (tertiary/aromatic N) is 3. The van der Waals surface area contributed by atoms with Crippen LogP contribution in [0.25, 0.3) is 0 Å². The number of nitrogens with one attached hydrogen (secondary N) is 1. The van der Waals surface area contributed by atoms with E-state index in [1.807, 2.05) is 62.9 Å². The summed E-state index contributed by atoms with van der Waals surface area (Å²) in [6.45, 7) is 13.1. The number of amides is 1. The Morgan fingerprint density at radius 3 is 2.25 bits per heavy atom. The molecule has 1 N–H and O–H groups in total. The van der Waals surface area contributed by atoms with Crippen LogP contribution in [0.1, 0.15) is 44.4 Å². The van der Waals surface area contributed by atoms with Gasteiger partial charge in [0, 0.05) is 25.7 Å². The molecule has 192 valence electrons. The van der Waals surface area contributed by atoms with Gasteiger partial charge >= 0.3 is 6.18 Å². The maximum atomic E-state index is 13.4. The Hall–Kier alpha value is -3.55. The zero-order valence-corrected chi connectivity index (χ0v) is 21.4. The average molecular weight is 499 g/mol. The number of carbonyl (C=O) groups excluding carboxylic acids is 1. The molecular formula is C28H33F3N4O. The Bertz CT molecular complexity index is 1170. The van der Waals surface area contributed by atoms with Gasteiger partial charge in [-0.1, -0.05) is 62.9 Å². The lowest BCUT2D eigenvalue weighted by molar-refractivity contribution is -0.137. The van der Waals surface area contributed by atoms with Crippen LogP contribution < -0.4 is 5.32 Å². The molecule has 2 heterocycles. The second-order valence-corrected chi connectivity index (χ2v) is 9.19. The van der Waals surface area contributed by atoms with Crippen LogP contribution in [0, 0.1) is 0 Å². The monoisotopic (exact) mass is 498 g/mol. The smallest absolute Gasteiger partial charge is 0.383 e. The molecule has 0 unspecified atom stereocenters. The van der Waals surface area contributed by atoms with Gasteiger partial charge in [0.25, 0.3) is 5.91 Å². The van der Waals surface area contributed by atoms with Gasteiger partial charge in [-0.05, 0) is 37.1 Å². The quantitative estimate of drug-likeness (QED) is 0.534. The number of allylic oxidation sites excluding steroid dienone is 1. The van der Waals surface area contributed by atoms with Gasteiger partial charge < -0.3 is 10.2 Å². The SMILES string of the molecule is C=C1/C(=C(/Cc2ccccc2)NCc2ccc(C(F)(F)F)cc2)C(=O)N(C)C2=NC(C)(C)CN12.CC. The Morgan fingerprint density at radius 2 is 1.67 bits per heavy atom. The third-order valence-corrected chi connectivity index (χ3v) is 5.93. The lowest BCUT2D eigenvalue weighted by Crippen LogP contribution is -2.50. The van der Waals surface area contributed by atoms with Gasteiger partial charge in [0.1, 0.15) is 0 Å². The first-order valence-corrected chi connectivity index (χ1v) is 12.0. The Morgan fingerprint density at radius 1 is 1.06 bits per heavy atom. The molecule has 2 aliphatic heterocycles. The van der Waals surface area contributed by atoms with Crippen molar-refractivity contribution in [2.24, 2.45) is 4.99 Å². The van der Waals surface area contributed by atoms with Crippen LogP contribution in [0.5, 0.6) is 0 Å². The number of hydrogen-bond acceptors (Lipinski definition) is 4. The molecule has 1 fully saturated rings. The van der Waals surface area contributed by atoms with Gasteiger partial charge in [0.15, 0.2) is 0 Å². The van der Waals surface area contributed by atoms with Crippen molar-refractivity contribution in [1.29, 1.82) is 0 Å². The number of likely N-dealkylation sites (N-methyl/N-ethyl adjacent to an activating group) is 1. The third kappa shape index (κ3) is 5.80. The van der Waals surface area contributed by atoms with Gasteiger partial charge in [-0.15, -0.1) is 0 Å². The molecule has 8 heteroatoms. The second kappa shape index (κ2) is 10.6. The second-order valence-electron chi connectivity index (χ2n) is 9.19. The molecule has 0 radical (unpaired) electrons. The van der Waals surface area contributed by atoms with E-state index in [1.54, 1.807) is 7.05 Å². The Balaban J connectivity index is 0.00000176. The number of rotatable bonds is 5. The molecule has 0 aromatic heterocycles. The lowest BCUT2D eigenvalue weighted by atomic mass is 9.99. The minimum absolute atomic E-state index is 0.219. The highest BCUT2D eigenvalue weighted by Gasteiger charge is 2.43. The van der Waals surface area contributed by atoms with E-state index in [2.05, 4.69) is 16.9 Å². The summed E-state index contributed by atoms with van der Waals surface area (Å²) >= 11 is 0. The minimum Gasteiger partial charge on any atom is -0.383 e. The Labute approximate surface area is 211 Å². The summed E-state index contributed by atoms with van der Waals surface area (Å²) in [4.78, 5) is 21.6. The molecule has 2 aromatic rings. The maximum absolute atomic E-state index is 13.4. The van der Waals surface area contributed by atoms with Crippen molar-refractivity contribution in [3.63, 3.8) is 0 Å². The fraction of sp³-hybridized carbons (Fsp3) is 0.357. The van der Waals surface area contributed by atoms with Crippen molar-refractivity contribution in [3.05, 3.63) is 94.8 Å². The molecule has 1 saturated heterocycles. The summed E-state index contributed by atoms with van der Waals surface area (Å²) < 4.78 is 38.7. The average Bonchev–Trinajstić information content (AvgIpc) is 3.18. The highest BCUT2D eigenvalue weighted by atomic mass is 19.4. The number of halogens is 3. The zero-order valence-electron chi connectivity index (χ0n) is 21.4. The van der Waals surface area contributed by atoms with Crippen LogP contribution in [-0.4, -0.2) is 40.8 Å². The van der Waals surface area contributed by atoms with Gasteiger partial charge in [0.05, 0.1) is 28.9 Å². The van der Waals surface area contributed by atoms with Crippen molar-refractivity contribution in [3.8, 4) is 0 Å². The van der Waals surface area contributed by atoms with E-state index in [1.165, 1.54) is 17.0 Å². The summed E-state index contributed by atoms with van der Waals surface area (Å²) in [6.07, 6.45) is -3.94. The molecule has 0 saturated carbocycles. The first-order valence-electron chi connectivity index (χ1n) is 12.0. The summed E-state index contributed by atoms with van der Waals surface area (Å²) in [5, 5.41) is 3.32. The topological polar surface area (TPSA) is 47.9 Å². The first-order chi connectivity index (χ1) is 17.0. The summed E-state index contributed by atoms with van der Waals surface area (Å²) in [7, 11) is 1.69. The lowest BCUT2D eigenvalue weighted by Gasteiger charge is -2.36. The van der Waals surface area contributed by atoms with Crippen LogP contribution in [0.2, 0.25) is 0 Å².